The number of aromatic amines is 1. The van der Waals surface area contributed by atoms with Crippen molar-refractivity contribution >= 4 is 0 Å². The monoisotopic (exact) mass is 266 g/mol. The van der Waals surface area contributed by atoms with Crippen LogP contribution in [0, 0.1) is 19.7 Å². The fourth-order valence-electron chi connectivity index (χ4n) is 2.15. The molecule has 20 heavy (non-hydrogen) atoms. The second-order valence-corrected chi connectivity index (χ2v) is 4.97. The number of hydrogen-bond acceptors (Lipinski definition) is 1. The van der Waals surface area contributed by atoms with Crippen molar-refractivity contribution in [2.45, 2.75) is 13.8 Å². The third-order valence-corrected chi connectivity index (χ3v) is 3.54. The Morgan fingerprint density at radius 1 is 0.850 bits per heavy atom. The van der Waals surface area contributed by atoms with Gasteiger partial charge in [-0.1, -0.05) is 12.1 Å². The lowest BCUT2D eigenvalue weighted by Crippen LogP contribution is -1.83. The maximum atomic E-state index is 12.9. The zero-order valence-corrected chi connectivity index (χ0v) is 11.4. The van der Waals surface area contributed by atoms with Gasteiger partial charge in [0, 0.05) is 5.56 Å². The smallest absolute Gasteiger partial charge is 0.123 e. The Kier molecular flexibility index (Phi) is 3.11. The Morgan fingerprint density at radius 3 is 2.25 bits per heavy atom. The number of benzene rings is 2. The van der Waals surface area contributed by atoms with Crippen LogP contribution in [0.25, 0.3) is 22.5 Å². The van der Waals surface area contributed by atoms with Crippen molar-refractivity contribution < 1.29 is 4.39 Å². The molecule has 1 aromatic heterocycles. The Balaban J connectivity index is 1.97. The number of nitrogens with zero attached hydrogens (tertiary/aromatic N) is 1. The van der Waals surface area contributed by atoms with Crippen LogP contribution >= 0.6 is 0 Å². The summed E-state index contributed by atoms with van der Waals surface area (Å²) >= 11 is 0. The van der Waals surface area contributed by atoms with E-state index in [-0.39, 0.29) is 5.82 Å². The molecule has 3 aromatic rings. The lowest BCUT2D eigenvalue weighted by Gasteiger charge is -2.01. The van der Waals surface area contributed by atoms with Gasteiger partial charge < -0.3 is 0 Å². The molecule has 0 aliphatic heterocycles. The predicted octanol–water partition coefficient (Wildman–Crippen LogP) is 4.50. The molecule has 0 saturated carbocycles. The first-order chi connectivity index (χ1) is 9.63. The predicted molar refractivity (Wildman–Crippen MR) is 78.9 cm³/mol. The Morgan fingerprint density at radius 2 is 1.55 bits per heavy atom. The van der Waals surface area contributed by atoms with Gasteiger partial charge >= 0.3 is 0 Å². The number of H-pyrrole nitrogens is 1. The molecule has 0 fully saturated rings. The highest BCUT2D eigenvalue weighted by Gasteiger charge is 2.06. The van der Waals surface area contributed by atoms with Gasteiger partial charge in [-0.15, -0.1) is 0 Å². The lowest BCUT2D eigenvalue weighted by molar-refractivity contribution is 0.628. The van der Waals surface area contributed by atoms with Gasteiger partial charge in [0.2, 0.25) is 0 Å². The van der Waals surface area contributed by atoms with Crippen LogP contribution in [-0.2, 0) is 0 Å². The van der Waals surface area contributed by atoms with Crippen molar-refractivity contribution in [3.05, 3.63) is 65.5 Å². The maximum Gasteiger partial charge on any atom is 0.123 e. The van der Waals surface area contributed by atoms with Gasteiger partial charge in [-0.25, -0.2) is 4.39 Å². The molecule has 0 spiro atoms. The summed E-state index contributed by atoms with van der Waals surface area (Å²) in [6.45, 7) is 4.18. The molecule has 3 rings (SSSR count). The molecule has 100 valence electrons. The average Bonchev–Trinajstić information content (AvgIpc) is 2.92. The molecule has 0 saturated heterocycles. The van der Waals surface area contributed by atoms with Gasteiger partial charge in [0.15, 0.2) is 0 Å². The van der Waals surface area contributed by atoms with Crippen molar-refractivity contribution in [1.82, 2.24) is 10.2 Å². The summed E-state index contributed by atoms with van der Waals surface area (Å²) in [4.78, 5) is 0. The Hall–Kier alpha value is -2.42. The topological polar surface area (TPSA) is 28.7 Å². The van der Waals surface area contributed by atoms with E-state index in [1.807, 2.05) is 6.07 Å². The molecule has 0 unspecified atom stereocenters. The fraction of sp³-hybridized carbons (Fsp3) is 0.118. The molecule has 0 amide bonds. The van der Waals surface area contributed by atoms with Crippen LogP contribution in [0.3, 0.4) is 0 Å². The largest absolute Gasteiger partial charge is 0.277 e. The summed E-state index contributed by atoms with van der Waals surface area (Å²) in [5, 5.41) is 7.34. The lowest BCUT2D eigenvalue weighted by atomic mass is 10.0. The molecule has 2 nitrogen and oxygen atoms in total. The van der Waals surface area contributed by atoms with E-state index in [0.29, 0.717) is 0 Å². The number of halogens is 1. The molecule has 2 aromatic carbocycles. The zero-order valence-electron chi connectivity index (χ0n) is 11.4. The van der Waals surface area contributed by atoms with Crippen molar-refractivity contribution in [3.8, 4) is 22.5 Å². The summed E-state index contributed by atoms with van der Waals surface area (Å²) in [5.41, 5.74) is 6.30. The minimum absolute atomic E-state index is 0.234. The van der Waals surface area contributed by atoms with Gasteiger partial charge in [-0.3, -0.25) is 5.10 Å². The molecule has 1 heterocycles. The second-order valence-electron chi connectivity index (χ2n) is 4.97. The molecule has 3 heteroatoms. The third kappa shape index (κ3) is 2.35. The fourth-order valence-corrected chi connectivity index (χ4v) is 2.15. The van der Waals surface area contributed by atoms with Crippen LogP contribution in [0.5, 0.6) is 0 Å². The number of hydrogen-bond donors (Lipinski definition) is 1. The highest BCUT2D eigenvalue weighted by molar-refractivity contribution is 5.68. The van der Waals surface area contributed by atoms with Crippen molar-refractivity contribution in [1.29, 1.82) is 0 Å². The molecule has 0 bridgehead atoms. The average molecular weight is 266 g/mol. The molecule has 0 aliphatic rings. The van der Waals surface area contributed by atoms with E-state index < -0.39 is 0 Å². The van der Waals surface area contributed by atoms with Crippen molar-refractivity contribution in [2.24, 2.45) is 0 Å². The summed E-state index contributed by atoms with van der Waals surface area (Å²) < 4.78 is 12.9. The van der Waals surface area contributed by atoms with E-state index in [0.717, 1.165) is 22.5 Å². The molecule has 1 N–H and O–H groups in total. The molecule has 0 aliphatic carbocycles. The first-order valence-electron chi connectivity index (χ1n) is 6.52. The SMILES string of the molecule is Cc1ccc(-c2cc(-c3ccc(F)cc3)[nH]n2)cc1C. The number of nitrogens with one attached hydrogen (secondary N) is 1. The zero-order chi connectivity index (χ0) is 14.1. The maximum absolute atomic E-state index is 12.9. The summed E-state index contributed by atoms with van der Waals surface area (Å²) in [6.07, 6.45) is 0. The number of aromatic nitrogens is 2. The van der Waals surface area contributed by atoms with Crippen LogP contribution < -0.4 is 0 Å². The standard InChI is InChI=1S/C17H15FN2/c1-11-3-4-14(9-12(11)2)17-10-16(19-20-17)13-5-7-15(18)8-6-13/h3-10H,1-2H3,(H,19,20). The summed E-state index contributed by atoms with van der Waals surface area (Å²) in [6, 6.07) is 14.7. The minimum atomic E-state index is -0.234. The van der Waals surface area contributed by atoms with E-state index in [1.54, 1.807) is 12.1 Å². The first kappa shape index (κ1) is 12.6. The first-order valence-corrected chi connectivity index (χ1v) is 6.52. The molecular weight excluding hydrogens is 251 g/mol. The van der Waals surface area contributed by atoms with Crippen LogP contribution in [0.15, 0.2) is 48.5 Å². The Labute approximate surface area is 117 Å². The van der Waals surface area contributed by atoms with Crippen LogP contribution in [0.1, 0.15) is 11.1 Å². The van der Waals surface area contributed by atoms with E-state index in [2.05, 4.69) is 42.2 Å². The number of rotatable bonds is 2. The highest BCUT2D eigenvalue weighted by atomic mass is 19.1. The van der Waals surface area contributed by atoms with E-state index in [4.69, 9.17) is 0 Å². The van der Waals surface area contributed by atoms with E-state index >= 15 is 0 Å². The highest BCUT2D eigenvalue weighted by Crippen LogP contribution is 2.25. The van der Waals surface area contributed by atoms with Gasteiger partial charge in [0.1, 0.15) is 5.82 Å². The van der Waals surface area contributed by atoms with Gasteiger partial charge in [-0.2, -0.15) is 5.10 Å². The van der Waals surface area contributed by atoms with E-state index in [1.165, 1.54) is 23.3 Å². The van der Waals surface area contributed by atoms with Crippen LogP contribution in [0.2, 0.25) is 0 Å². The molecule has 0 radical (unpaired) electrons. The minimum Gasteiger partial charge on any atom is -0.277 e. The normalized spacial score (nSPS) is 10.8. The van der Waals surface area contributed by atoms with Crippen LogP contribution in [-0.4, -0.2) is 10.2 Å². The third-order valence-electron chi connectivity index (χ3n) is 3.54. The quantitative estimate of drug-likeness (QED) is 0.727. The number of aryl methyl sites for hydroxylation is 2. The van der Waals surface area contributed by atoms with Gasteiger partial charge in [0.25, 0.3) is 0 Å². The van der Waals surface area contributed by atoms with Crippen LogP contribution in [0.4, 0.5) is 4.39 Å². The van der Waals surface area contributed by atoms with Crippen molar-refractivity contribution in [3.63, 3.8) is 0 Å². The van der Waals surface area contributed by atoms with Gasteiger partial charge in [-0.05, 0) is 66.9 Å². The summed E-state index contributed by atoms with van der Waals surface area (Å²) in [7, 11) is 0. The van der Waals surface area contributed by atoms with Crippen molar-refractivity contribution in [2.75, 3.05) is 0 Å². The molecule has 0 atom stereocenters. The van der Waals surface area contributed by atoms with E-state index in [9.17, 15) is 4.39 Å². The second kappa shape index (κ2) is 4.93. The Bertz CT molecular complexity index is 742. The molecular formula is C17H15FN2. The van der Waals surface area contributed by atoms with Gasteiger partial charge in [0.05, 0.1) is 11.4 Å². The summed E-state index contributed by atoms with van der Waals surface area (Å²) in [5.74, 6) is -0.234.